The summed E-state index contributed by atoms with van der Waals surface area (Å²) in [6, 6.07) is 0. The van der Waals surface area contributed by atoms with Crippen molar-refractivity contribution in [2.45, 2.75) is 192 Å². The number of hydrogen-bond donors (Lipinski definition) is 5. The number of carbonyl (C=O) groups excluding carboxylic acids is 1. The third kappa shape index (κ3) is 8.18. The summed E-state index contributed by atoms with van der Waals surface area (Å²) >= 11 is 0. The van der Waals surface area contributed by atoms with Crippen molar-refractivity contribution >= 4 is 5.97 Å². The molecule has 18 unspecified atom stereocenters. The minimum Gasteiger partial charge on any atom is -0.435 e. The van der Waals surface area contributed by atoms with Crippen molar-refractivity contribution in [3.05, 3.63) is 0 Å². The largest absolute Gasteiger partial charge is 0.435 e. The first kappa shape index (κ1) is 41.2. The molecule has 0 aromatic heterocycles. The van der Waals surface area contributed by atoms with E-state index in [0.29, 0.717) is 55.3 Å². The van der Waals surface area contributed by atoms with Crippen LogP contribution in [0.4, 0.5) is 0 Å². The molecule has 4 aliphatic carbocycles. The van der Waals surface area contributed by atoms with Gasteiger partial charge in [-0.3, -0.25) is 4.79 Å². The lowest BCUT2D eigenvalue weighted by molar-refractivity contribution is -0.261. The topological polar surface area (TPSA) is 174 Å². The SMILES string of the molecule is CC(CCC1(C)C(C)CCC2(C)C3CCC4(C(=O)OC5CC(O)CC(COC6CC(O)CC(CO)O6)O5)CCCC4C3CCC12)OC1CC(O)C(O)CO1. The van der Waals surface area contributed by atoms with Crippen molar-refractivity contribution < 1.29 is 58.7 Å². The van der Waals surface area contributed by atoms with E-state index in [0.717, 1.165) is 51.4 Å². The van der Waals surface area contributed by atoms with Gasteiger partial charge in [0, 0.05) is 32.1 Å². The quantitative estimate of drug-likeness (QED) is 0.186. The van der Waals surface area contributed by atoms with Crippen molar-refractivity contribution in [3.63, 3.8) is 0 Å². The number of carbonyl (C=O) groups is 1. The van der Waals surface area contributed by atoms with Gasteiger partial charge in [0.05, 0.1) is 61.9 Å². The third-order valence-corrected chi connectivity index (χ3v) is 16.1. The van der Waals surface area contributed by atoms with Crippen molar-refractivity contribution in [2.75, 3.05) is 19.8 Å². The molecule has 7 fully saturated rings. The predicted molar refractivity (Wildman–Crippen MR) is 196 cm³/mol. The van der Waals surface area contributed by atoms with E-state index in [9.17, 15) is 30.3 Å². The van der Waals surface area contributed by atoms with E-state index in [4.69, 9.17) is 28.4 Å². The zero-order valence-corrected chi connectivity index (χ0v) is 33.2. The average Bonchev–Trinajstić information content (AvgIpc) is 3.59. The van der Waals surface area contributed by atoms with Gasteiger partial charge < -0.3 is 54.0 Å². The molecular weight excluding hydrogens is 696 g/mol. The van der Waals surface area contributed by atoms with Gasteiger partial charge in [-0.05, 0) is 112 Å². The number of ether oxygens (including phenoxy) is 6. The van der Waals surface area contributed by atoms with Crippen LogP contribution < -0.4 is 0 Å². The molecule has 12 nitrogen and oxygen atoms in total. The van der Waals surface area contributed by atoms with E-state index in [1.807, 2.05) is 0 Å². The molecule has 18 atom stereocenters. The molecular formula is C42H70O12. The fraction of sp³-hybridized carbons (Fsp3) is 0.976. The molecule has 0 aromatic rings. The summed E-state index contributed by atoms with van der Waals surface area (Å²) in [6.45, 7) is 9.69. The lowest BCUT2D eigenvalue weighted by atomic mass is 9.39. The summed E-state index contributed by atoms with van der Waals surface area (Å²) in [7, 11) is 0. The molecule has 0 aromatic carbocycles. The second-order valence-electron chi connectivity index (χ2n) is 19.2. The molecule has 310 valence electrons. The number of fused-ring (bicyclic) bond motifs is 5. The molecule has 7 rings (SSSR count). The fourth-order valence-electron chi connectivity index (χ4n) is 13.0. The molecule has 12 heteroatoms. The van der Waals surface area contributed by atoms with Crippen LogP contribution in [-0.4, -0.2) is 113 Å². The van der Waals surface area contributed by atoms with E-state index in [1.54, 1.807) is 0 Å². The number of esters is 1. The number of aliphatic hydroxyl groups excluding tert-OH is 5. The standard InChI is InChI=1S/C42H70O12/c1-24-9-13-41(4)31-11-15-42(39(48)54-38-19-27(45)17-29(53-38)22-49-36-18-26(44)16-28(21-43)52-36)12-5-6-32(42)30(31)7-8-35(41)40(24,3)14-10-25(2)51-37-20-33(46)34(47)23-50-37/h24-38,43-47H,5-23H2,1-4H3. The Bertz CT molecular complexity index is 1270. The van der Waals surface area contributed by atoms with E-state index in [-0.39, 0.29) is 49.1 Å². The Morgan fingerprint density at radius 3 is 2.31 bits per heavy atom. The van der Waals surface area contributed by atoms with Gasteiger partial charge in [-0.1, -0.05) is 27.2 Å². The van der Waals surface area contributed by atoms with Crippen LogP contribution in [0.15, 0.2) is 0 Å². The van der Waals surface area contributed by atoms with Gasteiger partial charge in [-0.15, -0.1) is 0 Å². The third-order valence-electron chi connectivity index (χ3n) is 16.1. The lowest BCUT2D eigenvalue weighted by Gasteiger charge is -2.65. The monoisotopic (exact) mass is 766 g/mol. The van der Waals surface area contributed by atoms with Crippen LogP contribution in [-0.2, 0) is 33.2 Å². The summed E-state index contributed by atoms with van der Waals surface area (Å²) in [5.74, 6) is 2.41. The van der Waals surface area contributed by atoms with Crippen LogP contribution in [0, 0.1) is 45.8 Å². The Hall–Kier alpha value is -0.930. The molecule has 0 spiro atoms. The van der Waals surface area contributed by atoms with Gasteiger partial charge in [-0.2, -0.15) is 0 Å². The van der Waals surface area contributed by atoms with Crippen molar-refractivity contribution in [1.82, 2.24) is 0 Å². The van der Waals surface area contributed by atoms with Crippen LogP contribution in [0.2, 0.25) is 0 Å². The second kappa shape index (κ2) is 16.7. The molecule has 0 radical (unpaired) electrons. The van der Waals surface area contributed by atoms with Gasteiger partial charge in [0.15, 0.2) is 12.6 Å². The minimum absolute atomic E-state index is 0.0117. The highest BCUT2D eigenvalue weighted by Crippen LogP contribution is 2.70. The summed E-state index contributed by atoms with van der Waals surface area (Å²) in [6.07, 6.45) is 7.17. The van der Waals surface area contributed by atoms with Gasteiger partial charge in [0.2, 0.25) is 6.29 Å². The van der Waals surface area contributed by atoms with E-state index in [2.05, 4.69) is 27.7 Å². The molecule has 3 saturated heterocycles. The van der Waals surface area contributed by atoms with Crippen molar-refractivity contribution in [1.29, 1.82) is 0 Å². The van der Waals surface area contributed by atoms with Gasteiger partial charge in [0.1, 0.15) is 6.10 Å². The first-order chi connectivity index (χ1) is 25.7. The van der Waals surface area contributed by atoms with Crippen LogP contribution in [0.3, 0.4) is 0 Å². The summed E-state index contributed by atoms with van der Waals surface area (Å²) in [4.78, 5) is 14.4. The second-order valence-corrected chi connectivity index (χ2v) is 19.2. The average molecular weight is 767 g/mol. The Kier molecular flexibility index (Phi) is 12.8. The zero-order valence-electron chi connectivity index (χ0n) is 33.2. The maximum absolute atomic E-state index is 14.4. The highest BCUT2D eigenvalue weighted by atomic mass is 16.7. The van der Waals surface area contributed by atoms with Crippen LogP contribution in [0.1, 0.15) is 130 Å². The van der Waals surface area contributed by atoms with E-state index < -0.39 is 60.9 Å². The normalized spacial score (nSPS) is 50.0. The Morgan fingerprint density at radius 2 is 1.56 bits per heavy atom. The molecule has 7 aliphatic rings. The highest BCUT2D eigenvalue weighted by molar-refractivity contribution is 5.78. The Labute approximate surface area is 321 Å². The zero-order chi connectivity index (χ0) is 38.4. The predicted octanol–water partition coefficient (Wildman–Crippen LogP) is 4.59. The maximum atomic E-state index is 14.4. The number of rotatable bonds is 11. The van der Waals surface area contributed by atoms with Gasteiger partial charge >= 0.3 is 5.97 Å². The number of hydrogen-bond acceptors (Lipinski definition) is 12. The summed E-state index contributed by atoms with van der Waals surface area (Å²) in [5.41, 5.74) is -0.125. The minimum atomic E-state index is -0.851. The summed E-state index contributed by atoms with van der Waals surface area (Å²) in [5, 5.41) is 50.4. The Balaban J connectivity index is 0.966. The van der Waals surface area contributed by atoms with Crippen LogP contribution in [0.5, 0.6) is 0 Å². The molecule has 0 amide bonds. The molecule has 54 heavy (non-hydrogen) atoms. The highest BCUT2D eigenvalue weighted by Gasteiger charge is 2.65. The summed E-state index contributed by atoms with van der Waals surface area (Å²) < 4.78 is 36.0. The number of aliphatic hydroxyl groups is 5. The van der Waals surface area contributed by atoms with Crippen molar-refractivity contribution in [2.24, 2.45) is 45.8 Å². The molecule has 3 aliphatic heterocycles. The fourth-order valence-corrected chi connectivity index (χ4v) is 13.0. The first-order valence-electron chi connectivity index (χ1n) is 21.5. The molecule has 0 bridgehead atoms. The van der Waals surface area contributed by atoms with E-state index in [1.165, 1.54) is 19.3 Å². The maximum Gasteiger partial charge on any atom is 0.314 e. The Morgan fingerprint density at radius 1 is 0.815 bits per heavy atom. The van der Waals surface area contributed by atoms with E-state index >= 15 is 0 Å². The van der Waals surface area contributed by atoms with Crippen LogP contribution >= 0.6 is 0 Å². The molecule has 5 N–H and O–H groups in total. The van der Waals surface area contributed by atoms with Crippen molar-refractivity contribution in [3.8, 4) is 0 Å². The van der Waals surface area contributed by atoms with Crippen LogP contribution in [0.25, 0.3) is 0 Å². The molecule has 4 saturated carbocycles. The molecule has 3 heterocycles. The van der Waals surface area contributed by atoms with Gasteiger partial charge in [0.25, 0.3) is 0 Å². The lowest BCUT2D eigenvalue weighted by Crippen LogP contribution is -2.59. The van der Waals surface area contributed by atoms with Gasteiger partial charge in [-0.25, -0.2) is 0 Å². The smallest absolute Gasteiger partial charge is 0.314 e. The first-order valence-corrected chi connectivity index (χ1v) is 21.5.